The first-order valence-corrected chi connectivity index (χ1v) is 6.32. The van der Waals surface area contributed by atoms with Crippen molar-refractivity contribution in [2.75, 3.05) is 41.0 Å². The van der Waals surface area contributed by atoms with Crippen molar-refractivity contribution in [2.45, 2.75) is 12.1 Å². The van der Waals surface area contributed by atoms with E-state index in [1.807, 2.05) is 12.1 Å². The third-order valence-electron chi connectivity index (χ3n) is 3.34. The molecule has 100 valence electrons. The molecule has 4 heteroatoms. The molecule has 18 heavy (non-hydrogen) atoms. The molecule has 4 nitrogen and oxygen atoms in total. The fourth-order valence-corrected chi connectivity index (χ4v) is 2.08. The fourth-order valence-electron chi connectivity index (χ4n) is 2.08. The van der Waals surface area contributed by atoms with Crippen molar-refractivity contribution >= 4 is 0 Å². The Morgan fingerprint density at radius 3 is 2.78 bits per heavy atom. The first kappa shape index (κ1) is 13.3. The second-order valence-corrected chi connectivity index (χ2v) is 4.90. The standard InChI is InChI=1S/C14H22N2O2/c1-16(2)14(8-15-12-9-18-10-12)11-5-4-6-13(7-11)17-3/h4-7,12,14-15H,8-10H2,1-3H3. The zero-order chi connectivity index (χ0) is 13.0. The summed E-state index contributed by atoms with van der Waals surface area (Å²) in [7, 11) is 5.90. The molecule has 2 rings (SSSR count). The summed E-state index contributed by atoms with van der Waals surface area (Å²) in [4.78, 5) is 2.22. The highest BCUT2D eigenvalue weighted by atomic mass is 16.5. The van der Waals surface area contributed by atoms with Crippen LogP contribution in [0.2, 0.25) is 0 Å². The zero-order valence-corrected chi connectivity index (χ0v) is 11.3. The second-order valence-electron chi connectivity index (χ2n) is 4.90. The molecule has 1 heterocycles. The molecule has 0 bridgehead atoms. The number of methoxy groups -OCH3 is 1. The van der Waals surface area contributed by atoms with Crippen LogP contribution in [0.4, 0.5) is 0 Å². The first-order chi connectivity index (χ1) is 8.70. The lowest BCUT2D eigenvalue weighted by Crippen LogP contribution is -2.48. The SMILES string of the molecule is COc1cccc(C(CNC2COC2)N(C)C)c1. The van der Waals surface area contributed by atoms with E-state index in [9.17, 15) is 0 Å². The molecular weight excluding hydrogens is 228 g/mol. The number of likely N-dealkylation sites (N-methyl/N-ethyl adjacent to an activating group) is 1. The molecule has 0 spiro atoms. The van der Waals surface area contributed by atoms with E-state index in [2.05, 4.69) is 36.4 Å². The molecule has 1 saturated heterocycles. The van der Waals surface area contributed by atoms with Gasteiger partial charge >= 0.3 is 0 Å². The van der Waals surface area contributed by atoms with Crippen LogP contribution >= 0.6 is 0 Å². The molecular formula is C14H22N2O2. The van der Waals surface area contributed by atoms with Gasteiger partial charge in [-0.1, -0.05) is 12.1 Å². The van der Waals surface area contributed by atoms with Gasteiger partial charge in [0.05, 0.1) is 26.4 Å². The molecule has 0 radical (unpaired) electrons. The Kier molecular flexibility index (Phi) is 4.58. The maximum atomic E-state index is 5.28. The molecule has 1 aromatic rings. The quantitative estimate of drug-likeness (QED) is 0.825. The number of hydrogen-bond donors (Lipinski definition) is 1. The summed E-state index contributed by atoms with van der Waals surface area (Å²) in [6.45, 7) is 2.59. The van der Waals surface area contributed by atoms with Crippen LogP contribution in [0.25, 0.3) is 0 Å². The van der Waals surface area contributed by atoms with Crippen LogP contribution in [-0.4, -0.2) is 51.9 Å². The van der Waals surface area contributed by atoms with Gasteiger partial charge in [-0.05, 0) is 31.8 Å². The monoisotopic (exact) mass is 250 g/mol. The fraction of sp³-hybridized carbons (Fsp3) is 0.571. The van der Waals surface area contributed by atoms with Crippen LogP contribution in [0.5, 0.6) is 5.75 Å². The molecule has 0 aliphatic carbocycles. The van der Waals surface area contributed by atoms with Gasteiger partial charge in [0.1, 0.15) is 5.75 Å². The van der Waals surface area contributed by atoms with Gasteiger partial charge in [-0.2, -0.15) is 0 Å². The number of rotatable bonds is 6. The molecule has 1 aliphatic rings. The van der Waals surface area contributed by atoms with Crippen LogP contribution in [0.3, 0.4) is 0 Å². The summed E-state index contributed by atoms with van der Waals surface area (Å²) < 4.78 is 10.5. The van der Waals surface area contributed by atoms with E-state index < -0.39 is 0 Å². The number of ether oxygens (including phenoxy) is 2. The Morgan fingerprint density at radius 2 is 2.22 bits per heavy atom. The first-order valence-electron chi connectivity index (χ1n) is 6.32. The summed E-state index contributed by atoms with van der Waals surface area (Å²) in [5.41, 5.74) is 1.27. The molecule has 1 N–H and O–H groups in total. The minimum absolute atomic E-state index is 0.348. The Bertz CT molecular complexity index is 378. The molecule has 0 saturated carbocycles. The number of nitrogens with zero attached hydrogens (tertiary/aromatic N) is 1. The van der Waals surface area contributed by atoms with Gasteiger partial charge in [0.15, 0.2) is 0 Å². The van der Waals surface area contributed by atoms with Gasteiger partial charge in [-0.15, -0.1) is 0 Å². The van der Waals surface area contributed by atoms with Gasteiger partial charge in [0, 0.05) is 12.6 Å². The van der Waals surface area contributed by atoms with Crippen molar-refractivity contribution < 1.29 is 9.47 Å². The average molecular weight is 250 g/mol. The van der Waals surface area contributed by atoms with E-state index >= 15 is 0 Å². The van der Waals surface area contributed by atoms with Crippen LogP contribution in [0.1, 0.15) is 11.6 Å². The van der Waals surface area contributed by atoms with Crippen molar-refractivity contribution in [1.29, 1.82) is 0 Å². The smallest absolute Gasteiger partial charge is 0.119 e. The molecule has 1 unspecified atom stereocenters. The summed E-state index contributed by atoms with van der Waals surface area (Å²) >= 11 is 0. The molecule has 1 aromatic carbocycles. The maximum absolute atomic E-state index is 5.28. The molecule has 0 amide bonds. The van der Waals surface area contributed by atoms with Crippen molar-refractivity contribution in [1.82, 2.24) is 10.2 Å². The minimum Gasteiger partial charge on any atom is -0.497 e. The van der Waals surface area contributed by atoms with E-state index in [4.69, 9.17) is 9.47 Å². The van der Waals surface area contributed by atoms with Gasteiger partial charge < -0.3 is 19.7 Å². The highest BCUT2D eigenvalue weighted by Crippen LogP contribution is 2.22. The minimum atomic E-state index is 0.348. The third kappa shape index (κ3) is 3.22. The molecule has 1 atom stereocenters. The predicted molar refractivity (Wildman–Crippen MR) is 72.0 cm³/mol. The van der Waals surface area contributed by atoms with Crippen LogP contribution in [-0.2, 0) is 4.74 Å². The normalized spacial score (nSPS) is 17.6. The van der Waals surface area contributed by atoms with Gasteiger partial charge in [0.2, 0.25) is 0 Å². The van der Waals surface area contributed by atoms with E-state index in [1.54, 1.807) is 7.11 Å². The lowest BCUT2D eigenvalue weighted by molar-refractivity contribution is -0.00719. The van der Waals surface area contributed by atoms with Gasteiger partial charge in [0.25, 0.3) is 0 Å². The van der Waals surface area contributed by atoms with Crippen molar-refractivity contribution in [3.05, 3.63) is 29.8 Å². The zero-order valence-electron chi connectivity index (χ0n) is 11.3. The molecule has 1 aliphatic heterocycles. The van der Waals surface area contributed by atoms with Crippen molar-refractivity contribution in [3.63, 3.8) is 0 Å². The lowest BCUT2D eigenvalue weighted by atomic mass is 10.0. The highest BCUT2D eigenvalue weighted by molar-refractivity contribution is 5.30. The summed E-state index contributed by atoms with van der Waals surface area (Å²) in [5.74, 6) is 0.909. The summed E-state index contributed by atoms with van der Waals surface area (Å²) in [6, 6.07) is 9.12. The highest BCUT2D eigenvalue weighted by Gasteiger charge is 2.21. The number of nitrogens with one attached hydrogen (secondary N) is 1. The largest absolute Gasteiger partial charge is 0.497 e. The number of benzene rings is 1. The van der Waals surface area contributed by atoms with Crippen LogP contribution in [0, 0.1) is 0 Å². The Labute approximate surface area is 109 Å². The van der Waals surface area contributed by atoms with E-state index in [0.29, 0.717) is 12.1 Å². The van der Waals surface area contributed by atoms with Gasteiger partial charge in [-0.25, -0.2) is 0 Å². The van der Waals surface area contributed by atoms with Crippen molar-refractivity contribution in [2.24, 2.45) is 0 Å². The second kappa shape index (κ2) is 6.18. The van der Waals surface area contributed by atoms with E-state index in [1.165, 1.54) is 5.56 Å². The van der Waals surface area contributed by atoms with Gasteiger partial charge in [-0.3, -0.25) is 0 Å². The summed E-state index contributed by atoms with van der Waals surface area (Å²) in [6.07, 6.45) is 0. The summed E-state index contributed by atoms with van der Waals surface area (Å²) in [5, 5.41) is 3.53. The topological polar surface area (TPSA) is 33.7 Å². The molecule has 0 aromatic heterocycles. The predicted octanol–water partition coefficient (Wildman–Crippen LogP) is 1.29. The number of hydrogen-bond acceptors (Lipinski definition) is 4. The van der Waals surface area contributed by atoms with Crippen LogP contribution < -0.4 is 10.1 Å². The molecule has 1 fully saturated rings. The average Bonchev–Trinajstić information content (AvgIpc) is 2.32. The van der Waals surface area contributed by atoms with Crippen molar-refractivity contribution in [3.8, 4) is 5.75 Å². The Hall–Kier alpha value is -1.10. The Morgan fingerprint density at radius 1 is 1.44 bits per heavy atom. The van der Waals surface area contributed by atoms with E-state index in [0.717, 1.165) is 25.5 Å². The maximum Gasteiger partial charge on any atom is 0.119 e. The lowest BCUT2D eigenvalue weighted by Gasteiger charge is -2.31. The Balaban J connectivity index is 2.02. The van der Waals surface area contributed by atoms with Crippen LogP contribution in [0.15, 0.2) is 24.3 Å². The third-order valence-corrected chi connectivity index (χ3v) is 3.34. The van der Waals surface area contributed by atoms with E-state index in [-0.39, 0.29) is 0 Å².